The van der Waals surface area contributed by atoms with Gasteiger partial charge in [-0.2, -0.15) is 5.10 Å². The second-order valence-corrected chi connectivity index (χ2v) is 5.00. The molecule has 7 heteroatoms. The van der Waals surface area contributed by atoms with Gasteiger partial charge in [-0.1, -0.05) is 13.0 Å². The molecule has 0 aliphatic carbocycles. The Morgan fingerprint density at radius 1 is 1.27 bits per heavy atom. The predicted molar refractivity (Wildman–Crippen MR) is 75.8 cm³/mol. The minimum atomic E-state index is -4.84. The molecule has 0 atom stereocenters. The summed E-state index contributed by atoms with van der Waals surface area (Å²) in [5.74, 6) is -1.18. The van der Waals surface area contributed by atoms with Gasteiger partial charge in [-0.3, -0.25) is 4.68 Å². The number of ether oxygens (including phenoxy) is 1. The van der Waals surface area contributed by atoms with Crippen LogP contribution in [0, 0.1) is 13.8 Å². The van der Waals surface area contributed by atoms with Gasteiger partial charge in [0, 0.05) is 17.8 Å². The topological polar surface area (TPSA) is 47.3 Å². The Morgan fingerprint density at radius 2 is 1.95 bits per heavy atom. The first-order valence-electron chi connectivity index (χ1n) is 6.86. The Kier molecular flexibility index (Phi) is 4.35. The van der Waals surface area contributed by atoms with E-state index in [0.29, 0.717) is 5.56 Å². The minimum Gasteiger partial charge on any atom is -0.504 e. The fourth-order valence-electron chi connectivity index (χ4n) is 2.43. The van der Waals surface area contributed by atoms with Crippen molar-refractivity contribution in [2.24, 2.45) is 0 Å². The van der Waals surface area contributed by atoms with Gasteiger partial charge in [-0.15, -0.1) is 13.2 Å². The van der Waals surface area contributed by atoms with Crippen LogP contribution in [0.1, 0.15) is 24.7 Å². The molecular formula is C15H17F3N2O2. The smallest absolute Gasteiger partial charge is 0.504 e. The van der Waals surface area contributed by atoms with Crippen LogP contribution in [0.25, 0.3) is 11.1 Å². The molecule has 0 spiro atoms. The van der Waals surface area contributed by atoms with Crippen molar-refractivity contribution < 1.29 is 23.0 Å². The predicted octanol–water partition coefficient (Wildman–Crippen LogP) is 4.18. The van der Waals surface area contributed by atoms with Crippen LogP contribution in [0.15, 0.2) is 18.2 Å². The highest BCUT2D eigenvalue weighted by molar-refractivity contribution is 5.71. The number of rotatable bonds is 4. The first-order chi connectivity index (χ1) is 10.2. The molecule has 1 aromatic carbocycles. The second-order valence-electron chi connectivity index (χ2n) is 5.00. The summed E-state index contributed by atoms with van der Waals surface area (Å²) in [5, 5.41) is 14.2. The molecule has 0 saturated carbocycles. The van der Waals surface area contributed by atoms with Crippen molar-refractivity contribution in [2.45, 2.75) is 40.1 Å². The Balaban J connectivity index is 2.41. The Hall–Kier alpha value is -2.18. The number of aromatic nitrogens is 2. The van der Waals surface area contributed by atoms with Crippen LogP contribution in [0.5, 0.6) is 11.5 Å². The summed E-state index contributed by atoms with van der Waals surface area (Å²) in [6, 6.07) is 3.84. The molecule has 0 radical (unpaired) electrons. The van der Waals surface area contributed by atoms with Crippen molar-refractivity contribution in [3.05, 3.63) is 29.6 Å². The van der Waals surface area contributed by atoms with Crippen molar-refractivity contribution in [3.8, 4) is 22.6 Å². The Bertz CT molecular complexity index is 678. The maximum Gasteiger partial charge on any atom is 0.573 e. The van der Waals surface area contributed by atoms with E-state index in [-0.39, 0.29) is 0 Å². The van der Waals surface area contributed by atoms with E-state index in [9.17, 15) is 18.3 Å². The summed E-state index contributed by atoms with van der Waals surface area (Å²) < 4.78 is 42.2. The van der Waals surface area contributed by atoms with Gasteiger partial charge >= 0.3 is 6.36 Å². The molecule has 120 valence electrons. The van der Waals surface area contributed by atoms with Crippen LogP contribution in [0.3, 0.4) is 0 Å². The zero-order valence-electron chi connectivity index (χ0n) is 12.5. The molecule has 0 saturated heterocycles. The monoisotopic (exact) mass is 314 g/mol. The van der Waals surface area contributed by atoms with Crippen molar-refractivity contribution in [3.63, 3.8) is 0 Å². The van der Waals surface area contributed by atoms with Gasteiger partial charge in [0.2, 0.25) is 0 Å². The third-order valence-corrected chi connectivity index (χ3v) is 3.29. The van der Waals surface area contributed by atoms with Crippen LogP contribution < -0.4 is 4.74 Å². The van der Waals surface area contributed by atoms with Crippen molar-refractivity contribution >= 4 is 0 Å². The van der Waals surface area contributed by atoms with Gasteiger partial charge < -0.3 is 9.84 Å². The number of hydrogen-bond donors (Lipinski definition) is 1. The highest BCUT2D eigenvalue weighted by Gasteiger charge is 2.32. The zero-order chi connectivity index (χ0) is 16.5. The van der Waals surface area contributed by atoms with E-state index in [1.807, 2.05) is 25.5 Å². The summed E-state index contributed by atoms with van der Waals surface area (Å²) >= 11 is 0. The fourth-order valence-corrected chi connectivity index (χ4v) is 2.43. The molecule has 2 aromatic rings. The van der Waals surface area contributed by atoms with Gasteiger partial charge in [0.15, 0.2) is 11.5 Å². The third-order valence-electron chi connectivity index (χ3n) is 3.29. The van der Waals surface area contributed by atoms with Gasteiger partial charge in [0.05, 0.1) is 5.69 Å². The molecule has 1 N–H and O–H groups in total. The molecule has 1 heterocycles. The lowest BCUT2D eigenvalue weighted by Gasteiger charge is -2.11. The first kappa shape index (κ1) is 16.2. The molecule has 0 fully saturated rings. The Labute approximate surface area is 126 Å². The van der Waals surface area contributed by atoms with Crippen molar-refractivity contribution in [1.29, 1.82) is 0 Å². The van der Waals surface area contributed by atoms with Gasteiger partial charge in [-0.05, 0) is 38.0 Å². The molecule has 1 aromatic heterocycles. The molecule has 0 unspecified atom stereocenters. The summed E-state index contributed by atoms with van der Waals surface area (Å²) in [7, 11) is 0. The molecule has 2 rings (SSSR count). The molecule has 0 bridgehead atoms. The molecular weight excluding hydrogens is 297 g/mol. The van der Waals surface area contributed by atoms with E-state index >= 15 is 0 Å². The summed E-state index contributed by atoms with van der Waals surface area (Å²) in [4.78, 5) is 0. The van der Waals surface area contributed by atoms with Crippen molar-refractivity contribution in [1.82, 2.24) is 9.78 Å². The number of hydrogen-bond acceptors (Lipinski definition) is 3. The van der Waals surface area contributed by atoms with E-state index in [1.165, 1.54) is 12.1 Å². The quantitative estimate of drug-likeness (QED) is 0.921. The van der Waals surface area contributed by atoms with E-state index in [0.717, 1.165) is 36.0 Å². The maximum atomic E-state index is 12.2. The molecule has 0 amide bonds. The molecule has 0 aliphatic heterocycles. The lowest BCUT2D eigenvalue weighted by Crippen LogP contribution is -2.17. The summed E-state index contributed by atoms with van der Waals surface area (Å²) in [6.07, 6.45) is -3.91. The fraction of sp³-hybridized carbons (Fsp3) is 0.400. The summed E-state index contributed by atoms with van der Waals surface area (Å²) in [6.45, 7) is 6.51. The average molecular weight is 314 g/mol. The minimum absolute atomic E-state index is 0.558. The number of halogens is 3. The molecule has 4 nitrogen and oxygen atoms in total. The normalized spacial score (nSPS) is 11.7. The van der Waals surface area contributed by atoms with E-state index in [2.05, 4.69) is 9.84 Å². The maximum absolute atomic E-state index is 12.2. The zero-order valence-corrected chi connectivity index (χ0v) is 12.5. The van der Waals surface area contributed by atoms with Crippen LogP contribution in [0.2, 0.25) is 0 Å². The highest BCUT2D eigenvalue weighted by atomic mass is 19.4. The van der Waals surface area contributed by atoms with E-state index in [4.69, 9.17) is 0 Å². The number of alkyl halides is 3. The van der Waals surface area contributed by atoms with Crippen LogP contribution in [-0.4, -0.2) is 21.2 Å². The SMILES string of the molecule is CCCn1nc(C)c(-c2ccc(OC(F)(F)F)c(O)c2)c1C. The number of phenolic OH excluding ortho intramolecular Hbond substituents is 1. The number of aryl methyl sites for hydroxylation is 2. The van der Waals surface area contributed by atoms with Gasteiger partial charge in [-0.25, -0.2) is 0 Å². The van der Waals surface area contributed by atoms with Crippen LogP contribution >= 0.6 is 0 Å². The largest absolute Gasteiger partial charge is 0.573 e. The second kappa shape index (κ2) is 5.90. The summed E-state index contributed by atoms with van der Waals surface area (Å²) in [5.41, 5.74) is 3.07. The number of phenols is 1. The van der Waals surface area contributed by atoms with E-state index < -0.39 is 17.9 Å². The number of aromatic hydroxyl groups is 1. The standard InChI is InChI=1S/C15H17F3N2O2/c1-4-7-20-10(3)14(9(2)19-20)11-5-6-13(12(21)8-11)22-15(16,17)18/h5-6,8,21H,4,7H2,1-3H3. The van der Waals surface area contributed by atoms with Crippen molar-refractivity contribution in [2.75, 3.05) is 0 Å². The average Bonchev–Trinajstić information content (AvgIpc) is 2.66. The molecule has 0 aliphatic rings. The van der Waals surface area contributed by atoms with Crippen LogP contribution in [-0.2, 0) is 6.54 Å². The lowest BCUT2D eigenvalue weighted by atomic mass is 10.0. The Morgan fingerprint density at radius 3 is 2.50 bits per heavy atom. The highest BCUT2D eigenvalue weighted by Crippen LogP contribution is 2.36. The number of benzene rings is 1. The third kappa shape index (κ3) is 3.35. The van der Waals surface area contributed by atoms with Crippen LogP contribution in [0.4, 0.5) is 13.2 Å². The van der Waals surface area contributed by atoms with E-state index in [1.54, 1.807) is 0 Å². The lowest BCUT2D eigenvalue weighted by molar-refractivity contribution is -0.275. The van der Waals surface area contributed by atoms with Gasteiger partial charge in [0.25, 0.3) is 0 Å². The van der Waals surface area contributed by atoms with Gasteiger partial charge in [0.1, 0.15) is 0 Å². The number of nitrogens with zero attached hydrogens (tertiary/aromatic N) is 2. The molecule has 22 heavy (non-hydrogen) atoms. The first-order valence-corrected chi connectivity index (χ1v) is 6.86.